The predicted molar refractivity (Wildman–Crippen MR) is 100 cm³/mol. The zero-order chi connectivity index (χ0) is 16.9. The normalized spacial score (nSPS) is 11.0. The molecule has 122 valence electrons. The lowest BCUT2D eigenvalue weighted by Crippen LogP contribution is -1.91. The van der Waals surface area contributed by atoms with Gasteiger partial charge in [0.25, 0.3) is 0 Å². The van der Waals surface area contributed by atoms with E-state index in [1.165, 1.54) is 22.5 Å². The van der Waals surface area contributed by atoms with Crippen molar-refractivity contribution in [2.75, 3.05) is 5.43 Å². The number of aromatic nitrogens is 1. The lowest BCUT2D eigenvalue weighted by molar-refractivity contribution is 0.482. The van der Waals surface area contributed by atoms with Crippen LogP contribution in [-0.4, -0.2) is 11.2 Å². The lowest BCUT2D eigenvalue weighted by atomic mass is 10.1. The molecule has 24 heavy (non-hydrogen) atoms. The number of rotatable bonds is 5. The van der Waals surface area contributed by atoms with Gasteiger partial charge in [0.1, 0.15) is 11.5 Å². The Morgan fingerprint density at radius 1 is 1.00 bits per heavy atom. The summed E-state index contributed by atoms with van der Waals surface area (Å²) in [4.78, 5) is 4.29. The van der Waals surface area contributed by atoms with Crippen LogP contribution in [0, 0.1) is 20.8 Å². The van der Waals surface area contributed by atoms with Crippen LogP contribution in [0.5, 0.6) is 11.5 Å². The molecule has 0 amide bonds. The molecule has 1 N–H and O–H groups in total. The molecule has 5 heteroatoms. The Hall–Kier alpha value is -2.66. The summed E-state index contributed by atoms with van der Waals surface area (Å²) < 4.78 is 5.88. The molecule has 1 aromatic heterocycles. The molecule has 0 aliphatic heterocycles. The van der Waals surface area contributed by atoms with E-state index < -0.39 is 0 Å². The van der Waals surface area contributed by atoms with Gasteiger partial charge in [0.2, 0.25) is 5.13 Å². The van der Waals surface area contributed by atoms with E-state index in [4.69, 9.17) is 4.74 Å². The van der Waals surface area contributed by atoms with E-state index in [-0.39, 0.29) is 0 Å². The molecule has 0 saturated carbocycles. The summed E-state index contributed by atoms with van der Waals surface area (Å²) >= 11 is 1.53. The third-order valence-corrected chi connectivity index (χ3v) is 4.45. The van der Waals surface area contributed by atoms with Crippen LogP contribution >= 0.6 is 11.3 Å². The molecule has 3 aromatic rings. The zero-order valence-electron chi connectivity index (χ0n) is 13.9. The minimum Gasteiger partial charge on any atom is -0.457 e. The van der Waals surface area contributed by atoms with Crippen LogP contribution in [0.15, 0.2) is 52.9 Å². The molecular weight excluding hydrogens is 318 g/mol. The van der Waals surface area contributed by atoms with E-state index in [1.807, 2.05) is 48.7 Å². The van der Waals surface area contributed by atoms with Crippen LogP contribution in [0.1, 0.15) is 22.4 Å². The summed E-state index contributed by atoms with van der Waals surface area (Å²) in [6.07, 6.45) is 1.76. The van der Waals surface area contributed by atoms with Crippen LogP contribution in [0.3, 0.4) is 0 Å². The van der Waals surface area contributed by atoms with Crippen molar-refractivity contribution < 1.29 is 4.74 Å². The Kier molecular flexibility index (Phi) is 4.91. The molecule has 0 aliphatic carbocycles. The number of nitrogens with zero attached hydrogens (tertiary/aromatic N) is 2. The minimum absolute atomic E-state index is 0.790. The molecule has 1 heterocycles. The standard InChI is InChI=1S/C19H19N3OS/c1-13-4-7-18(10-14(13)2)23-17-8-5-16(6-9-17)11-20-22-19-21-15(3)12-24-19/h4-12H,1-3H3,(H,21,22). The van der Waals surface area contributed by atoms with Crippen molar-refractivity contribution in [2.45, 2.75) is 20.8 Å². The van der Waals surface area contributed by atoms with Crippen LogP contribution in [0.4, 0.5) is 5.13 Å². The van der Waals surface area contributed by atoms with Gasteiger partial charge in [-0.2, -0.15) is 5.10 Å². The molecule has 0 saturated heterocycles. The predicted octanol–water partition coefficient (Wildman–Crippen LogP) is 5.31. The maximum absolute atomic E-state index is 5.88. The molecule has 3 rings (SSSR count). The van der Waals surface area contributed by atoms with Gasteiger partial charge in [0.15, 0.2) is 0 Å². The first-order valence-electron chi connectivity index (χ1n) is 7.66. The number of hydrogen-bond donors (Lipinski definition) is 1. The third kappa shape index (κ3) is 4.20. The number of thiazole rings is 1. The molecule has 4 nitrogen and oxygen atoms in total. The first-order chi connectivity index (χ1) is 11.6. The molecule has 0 spiro atoms. The van der Waals surface area contributed by atoms with Crippen molar-refractivity contribution in [3.05, 3.63) is 70.2 Å². The van der Waals surface area contributed by atoms with Gasteiger partial charge in [-0.05, 0) is 73.9 Å². The highest BCUT2D eigenvalue weighted by atomic mass is 32.1. The summed E-state index contributed by atoms with van der Waals surface area (Å²) in [6, 6.07) is 13.9. The second kappa shape index (κ2) is 7.27. The highest BCUT2D eigenvalue weighted by Gasteiger charge is 2.00. The molecule has 0 fully saturated rings. The Morgan fingerprint density at radius 2 is 1.75 bits per heavy atom. The largest absolute Gasteiger partial charge is 0.457 e. The van der Waals surface area contributed by atoms with Crippen molar-refractivity contribution in [1.29, 1.82) is 0 Å². The van der Waals surface area contributed by atoms with Gasteiger partial charge >= 0.3 is 0 Å². The monoisotopic (exact) mass is 337 g/mol. The molecule has 2 aromatic carbocycles. The highest BCUT2D eigenvalue weighted by Crippen LogP contribution is 2.23. The van der Waals surface area contributed by atoms with E-state index in [9.17, 15) is 0 Å². The average molecular weight is 337 g/mol. The fourth-order valence-corrected chi connectivity index (χ4v) is 2.74. The number of hydrazone groups is 1. The number of aryl methyl sites for hydroxylation is 3. The summed E-state index contributed by atoms with van der Waals surface area (Å²) in [5.74, 6) is 1.65. The fraction of sp³-hybridized carbons (Fsp3) is 0.158. The minimum atomic E-state index is 0.790. The number of hydrogen-bond acceptors (Lipinski definition) is 5. The highest BCUT2D eigenvalue weighted by molar-refractivity contribution is 7.13. The number of nitrogens with one attached hydrogen (secondary N) is 1. The Balaban J connectivity index is 1.61. The van der Waals surface area contributed by atoms with Gasteiger partial charge < -0.3 is 4.74 Å². The van der Waals surface area contributed by atoms with Gasteiger partial charge in [0, 0.05) is 5.38 Å². The van der Waals surface area contributed by atoms with Gasteiger partial charge in [-0.3, -0.25) is 5.43 Å². The van der Waals surface area contributed by atoms with Crippen LogP contribution in [0.2, 0.25) is 0 Å². The van der Waals surface area contributed by atoms with Crippen molar-refractivity contribution in [1.82, 2.24) is 4.98 Å². The number of benzene rings is 2. The van der Waals surface area contributed by atoms with Crippen molar-refractivity contribution in [3.8, 4) is 11.5 Å². The second-order valence-electron chi connectivity index (χ2n) is 5.58. The van der Waals surface area contributed by atoms with E-state index in [0.29, 0.717) is 0 Å². The topological polar surface area (TPSA) is 46.5 Å². The summed E-state index contributed by atoms with van der Waals surface area (Å²) in [6.45, 7) is 6.13. The molecule has 0 unspecified atom stereocenters. The SMILES string of the molecule is Cc1csc(NN=Cc2ccc(Oc3ccc(C)c(C)c3)cc2)n1. The number of ether oxygens (including phenoxy) is 1. The summed E-state index contributed by atoms with van der Waals surface area (Å²) in [5, 5.41) is 6.97. The first kappa shape index (κ1) is 16.2. The van der Waals surface area contributed by atoms with Crippen molar-refractivity contribution in [2.24, 2.45) is 5.10 Å². The smallest absolute Gasteiger partial charge is 0.203 e. The molecule has 0 atom stereocenters. The lowest BCUT2D eigenvalue weighted by Gasteiger charge is -2.08. The fourth-order valence-electron chi connectivity index (χ4n) is 2.10. The third-order valence-electron chi connectivity index (χ3n) is 3.59. The molecule has 0 bridgehead atoms. The van der Waals surface area contributed by atoms with Gasteiger partial charge in [-0.25, -0.2) is 4.98 Å². The molecular formula is C19H19N3OS. The van der Waals surface area contributed by atoms with Gasteiger partial charge in [-0.15, -0.1) is 11.3 Å². The average Bonchev–Trinajstić information content (AvgIpc) is 2.98. The summed E-state index contributed by atoms with van der Waals surface area (Å²) in [7, 11) is 0. The van der Waals surface area contributed by atoms with Crippen LogP contribution in [-0.2, 0) is 0 Å². The quantitative estimate of drug-likeness (QED) is 0.507. The van der Waals surface area contributed by atoms with Crippen molar-refractivity contribution in [3.63, 3.8) is 0 Å². The van der Waals surface area contributed by atoms with Crippen LogP contribution in [0.25, 0.3) is 0 Å². The van der Waals surface area contributed by atoms with Gasteiger partial charge in [0.05, 0.1) is 11.9 Å². The van der Waals surface area contributed by atoms with Gasteiger partial charge in [-0.1, -0.05) is 6.07 Å². The number of anilines is 1. The van der Waals surface area contributed by atoms with E-state index in [2.05, 4.69) is 35.4 Å². The Labute approximate surface area is 145 Å². The molecule has 0 aliphatic rings. The first-order valence-corrected chi connectivity index (χ1v) is 8.54. The Morgan fingerprint density at radius 3 is 2.42 bits per heavy atom. The maximum Gasteiger partial charge on any atom is 0.203 e. The van der Waals surface area contributed by atoms with E-state index in [0.717, 1.165) is 27.9 Å². The zero-order valence-corrected chi connectivity index (χ0v) is 14.7. The van der Waals surface area contributed by atoms with E-state index >= 15 is 0 Å². The van der Waals surface area contributed by atoms with Crippen LogP contribution < -0.4 is 10.2 Å². The second-order valence-corrected chi connectivity index (χ2v) is 6.44. The molecule has 0 radical (unpaired) electrons. The summed E-state index contributed by atoms with van der Waals surface area (Å²) in [5.41, 5.74) is 7.39. The van der Waals surface area contributed by atoms with E-state index in [1.54, 1.807) is 6.21 Å². The van der Waals surface area contributed by atoms with Crippen molar-refractivity contribution >= 4 is 22.7 Å². The Bertz CT molecular complexity index is 853. The maximum atomic E-state index is 5.88.